The highest BCUT2D eigenvalue weighted by molar-refractivity contribution is 7.86. The Morgan fingerprint density at radius 1 is 1.03 bits per heavy atom. The predicted octanol–water partition coefficient (Wildman–Crippen LogP) is 2.52. The monoisotopic (exact) mass is 449 g/mol. The number of carbonyl (C=O) groups is 2. The highest BCUT2D eigenvalue weighted by atomic mass is 32.2. The van der Waals surface area contributed by atoms with E-state index in [1.165, 1.54) is 12.1 Å². The average molecular weight is 450 g/mol. The first-order chi connectivity index (χ1) is 14.5. The molecule has 2 rings (SSSR count). The summed E-state index contributed by atoms with van der Waals surface area (Å²) in [6.45, 7) is 3.46. The van der Waals surface area contributed by atoms with Crippen molar-refractivity contribution in [1.29, 1.82) is 0 Å². The molecule has 0 heterocycles. The second kappa shape index (κ2) is 10.9. The first-order valence-electron chi connectivity index (χ1n) is 9.70. The number of rotatable bonds is 10. The van der Waals surface area contributed by atoms with Gasteiger partial charge in [-0.1, -0.05) is 42.5 Å². The van der Waals surface area contributed by atoms with E-state index in [1.54, 1.807) is 26.0 Å². The van der Waals surface area contributed by atoms with Gasteiger partial charge < -0.3 is 19.4 Å². The maximum atomic E-state index is 12.6. The van der Waals surface area contributed by atoms with Gasteiger partial charge in [-0.15, -0.1) is 0 Å². The van der Waals surface area contributed by atoms with Crippen molar-refractivity contribution in [3.05, 3.63) is 65.7 Å². The van der Waals surface area contributed by atoms with Crippen LogP contribution in [0.5, 0.6) is 5.75 Å². The Morgan fingerprint density at radius 3 is 2.32 bits per heavy atom. The molecule has 2 aromatic rings. The number of esters is 2. The van der Waals surface area contributed by atoms with E-state index in [9.17, 15) is 18.0 Å². The predicted molar refractivity (Wildman–Crippen MR) is 115 cm³/mol. The van der Waals surface area contributed by atoms with Crippen LogP contribution in [0.1, 0.15) is 37.3 Å². The summed E-state index contributed by atoms with van der Waals surface area (Å²) in [5.41, 5.74) is 7.42. The minimum absolute atomic E-state index is 0.0355. The fraction of sp³-hybridized carbons (Fsp3) is 0.364. The molecule has 0 saturated carbocycles. The van der Waals surface area contributed by atoms with Crippen LogP contribution < -0.4 is 9.92 Å². The molecule has 2 atom stereocenters. The number of ether oxygens (including phenoxy) is 2. The molecule has 0 spiro atoms. The van der Waals surface area contributed by atoms with Crippen molar-refractivity contribution in [2.75, 3.05) is 6.26 Å². The molecule has 31 heavy (non-hydrogen) atoms. The Hall–Kier alpha value is -2.91. The Kier molecular flexibility index (Phi) is 8.58. The lowest BCUT2D eigenvalue weighted by Gasteiger charge is -2.23. The molecule has 0 fully saturated rings. The van der Waals surface area contributed by atoms with E-state index in [1.807, 2.05) is 30.3 Å². The van der Waals surface area contributed by atoms with Crippen LogP contribution in [0, 0.1) is 0 Å². The Bertz CT molecular complexity index is 990. The number of hydrogen-bond donors (Lipinski definition) is 1. The van der Waals surface area contributed by atoms with Gasteiger partial charge in [-0.25, -0.2) is 0 Å². The molecule has 0 aliphatic rings. The average Bonchev–Trinajstić information content (AvgIpc) is 2.69. The SMILES string of the molecule is CC(C)OC(=O)CC(c1cccc(OS(C)(=O)=O)c1)C(N)C(=O)OCc1ccccc1. The Balaban J connectivity index is 2.23. The van der Waals surface area contributed by atoms with E-state index >= 15 is 0 Å². The van der Waals surface area contributed by atoms with E-state index in [0.29, 0.717) is 5.56 Å². The summed E-state index contributed by atoms with van der Waals surface area (Å²) in [4.78, 5) is 24.9. The zero-order chi connectivity index (χ0) is 23.0. The third-order valence-corrected chi connectivity index (χ3v) is 4.71. The van der Waals surface area contributed by atoms with Gasteiger partial charge in [-0.3, -0.25) is 9.59 Å². The van der Waals surface area contributed by atoms with Crippen LogP contribution in [0.2, 0.25) is 0 Å². The van der Waals surface area contributed by atoms with Gasteiger partial charge in [0.2, 0.25) is 0 Å². The third kappa shape index (κ3) is 8.39. The quantitative estimate of drug-likeness (QED) is 0.434. The van der Waals surface area contributed by atoms with Crippen LogP contribution in [0.15, 0.2) is 54.6 Å². The molecule has 0 aromatic heterocycles. The normalized spacial score (nSPS) is 13.3. The molecule has 0 saturated heterocycles. The summed E-state index contributed by atoms with van der Waals surface area (Å²) >= 11 is 0. The molecular weight excluding hydrogens is 422 g/mol. The van der Waals surface area contributed by atoms with Gasteiger partial charge >= 0.3 is 22.1 Å². The van der Waals surface area contributed by atoms with Gasteiger partial charge in [0.15, 0.2) is 0 Å². The highest BCUT2D eigenvalue weighted by Crippen LogP contribution is 2.28. The molecule has 168 valence electrons. The molecular formula is C22H27NO7S. The lowest BCUT2D eigenvalue weighted by atomic mass is 9.88. The van der Waals surface area contributed by atoms with Crippen molar-refractivity contribution in [2.45, 2.75) is 44.9 Å². The van der Waals surface area contributed by atoms with Crippen LogP contribution >= 0.6 is 0 Å². The van der Waals surface area contributed by atoms with Crippen molar-refractivity contribution in [3.63, 3.8) is 0 Å². The maximum absolute atomic E-state index is 12.6. The molecule has 8 nitrogen and oxygen atoms in total. The fourth-order valence-corrected chi connectivity index (χ4v) is 3.36. The van der Waals surface area contributed by atoms with Gasteiger partial charge in [0.1, 0.15) is 18.4 Å². The minimum atomic E-state index is -3.75. The molecule has 0 amide bonds. The van der Waals surface area contributed by atoms with E-state index in [2.05, 4.69) is 0 Å². The zero-order valence-corrected chi connectivity index (χ0v) is 18.5. The summed E-state index contributed by atoms with van der Waals surface area (Å²) in [6, 6.07) is 14.0. The van der Waals surface area contributed by atoms with E-state index in [0.717, 1.165) is 11.8 Å². The van der Waals surface area contributed by atoms with Crippen molar-refractivity contribution < 1.29 is 31.7 Å². The first kappa shape index (κ1) is 24.4. The van der Waals surface area contributed by atoms with Gasteiger partial charge in [0.05, 0.1) is 18.8 Å². The first-order valence-corrected chi connectivity index (χ1v) is 11.5. The van der Waals surface area contributed by atoms with Gasteiger partial charge in [-0.2, -0.15) is 8.42 Å². The number of hydrogen-bond acceptors (Lipinski definition) is 8. The van der Waals surface area contributed by atoms with Gasteiger partial charge in [0.25, 0.3) is 0 Å². The lowest BCUT2D eigenvalue weighted by Crippen LogP contribution is -2.39. The van der Waals surface area contributed by atoms with Crippen LogP contribution in [-0.4, -0.2) is 38.8 Å². The molecule has 2 N–H and O–H groups in total. The summed E-state index contributed by atoms with van der Waals surface area (Å²) in [6.07, 6.45) is 0.390. The summed E-state index contributed by atoms with van der Waals surface area (Å²) in [7, 11) is -3.75. The summed E-state index contributed by atoms with van der Waals surface area (Å²) in [5.74, 6) is -1.99. The van der Waals surface area contributed by atoms with Crippen LogP contribution in [0.25, 0.3) is 0 Å². The number of nitrogens with two attached hydrogens (primary N) is 1. The summed E-state index contributed by atoms with van der Waals surface area (Å²) < 4.78 is 38.3. The van der Waals surface area contributed by atoms with Crippen LogP contribution in [-0.2, 0) is 35.8 Å². The van der Waals surface area contributed by atoms with Crippen molar-refractivity contribution in [3.8, 4) is 5.75 Å². The molecule has 9 heteroatoms. The summed E-state index contributed by atoms with van der Waals surface area (Å²) in [5, 5.41) is 0. The smallest absolute Gasteiger partial charge is 0.323 e. The molecule has 0 aliphatic carbocycles. The second-order valence-electron chi connectivity index (χ2n) is 7.33. The number of benzene rings is 2. The number of carbonyl (C=O) groups excluding carboxylic acids is 2. The molecule has 0 bridgehead atoms. The topological polar surface area (TPSA) is 122 Å². The van der Waals surface area contributed by atoms with Crippen molar-refractivity contribution in [1.82, 2.24) is 0 Å². The fourth-order valence-electron chi connectivity index (χ4n) is 2.90. The third-order valence-electron chi connectivity index (χ3n) is 4.22. The molecule has 2 unspecified atom stereocenters. The second-order valence-corrected chi connectivity index (χ2v) is 8.90. The minimum Gasteiger partial charge on any atom is -0.463 e. The van der Waals surface area contributed by atoms with E-state index in [4.69, 9.17) is 19.4 Å². The molecule has 0 radical (unpaired) electrons. The molecule has 0 aliphatic heterocycles. The Labute approximate surface area is 182 Å². The van der Waals surface area contributed by atoms with Gasteiger partial charge in [-0.05, 0) is 37.1 Å². The van der Waals surface area contributed by atoms with Crippen LogP contribution in [0.3, 0.4) is 0 Å². The van der Waals surface area contributed by atoms with Crippen LogP contribution in [0.4, 0.5) is 0 Å². The van der Waals surface area contributed by atoms with Crippen molar-refractivity contribution in [2.24, 2.45) is 5.73 Å². The largest absolute Gasteiger partial charge is 0.463 e. The highest BCUT2D eigenvalue weighted by Gasteiger charge is 2.31. The maximum Gasteiger partial charge on any atom is 0.323 e. The van der Waals surface area contributed by atoms with Crippen molar-refractivity contribution >= 4 is 22.1 Å². The van der Waals surface area contributed by atoms with Gasteiger partial charge in [0, 0.05) is 5.92 Å². The Morgan fingerprint density at radius 2 is 1.71 bits per heavy atom. The molecule has 2 aromatic carbocycles. The standard InChI is InChI=1S/C22H27NO7S/c1-15(2)29-20(24)13-19(17-10-7-11-18(12-17)30-31(3,26)27)21(23)22(25)28-14-16-8-5-4-6-9-16/h4-12,15,19,21H,13-14,23H2,1-3H3. The van der Waals surface area contributed by atoms with E-state index in [-0.39, 0.29) is 24.9 Å². The zero-order valence-electron chi connectivity index (χ0n) is 17.7. The lowest BCUT2D eigenvalue weighted by molar-refractivity contribution is -0.150. The van der Waals surface area contributed by atoms with E-state index < -0.39 is 34.0 Å².